The molecule has 1 aromatic heterocycles. The van der Waals surface area contributed by atoms with Crippen molar-refractivity contribution in [3.8, 4) is 11.8 Å². The third kappa shape index (κ3) is 4.24. The molecule has 0 N–H and O–H groups in total. The van der Waals surface area contributed by atoms with Crippen molar-refractivity contribution in [2.45, 2.75) is 19.8 Å². The topological polar surface area (TPSA) is 54.9 Å². The largest absolute Gasteiger partial charge is 0.446 e. The van der Waals surface area contributed by atoms with E-state index in [0.29, 0.717) is 30.1 Å². The number of fused-ring (bicyclic) bond motifs is 1. The molecule has 0 spiro atoms. The fourth-order valence-electron chi connectivity index (χ4n) is 2.77. The van der Waals surface area contributed by atoms with Crippen molar-refractivity contribution in [1.29, 1.82) is 0 Å². The number of furan rings is 1. The van der Waals surface area contributed by atoms with E-state index in [4.69, 9.17) is 4.42 Å². The third-order valence-corrected chi connectivity index (χ3v) is 5.39. The molecule has 0 atom stereocenters. The summed E-state index contributed by atoms with van der Waals surface area (Å²) in [6.45, 7) is 1.87. The van der Waals surface area contributed by atoms with Gasteiger partial charge in [0.1, 0.15) is 16.5 Å². The van der Waals surface area contributed by atoms with E-state index in [-0.39, 0.29) is 5.78 Å². The second-order valence-electron chi connectivity index (χ2n) is 6.37. The van der Waals surface area contributed by atoms with Crippen LogP contribution < -0.4 is 0 Å². The van der Waals surface area contributed by atoms with E-state index in [1.807, 2.05) is 37.3 Å². The highest BCUT2D eigenvalue weighted by Crippen LogP contribution is 2.21. The van der Waals surface area contributed by atoms with Gasteiger partial charge in [-0.05, 0) is 41.0 Å². The SMILES string of the molecule is CCC(=O)CSC1=NN=C(c2ccc(C#Cc3ccc4ccccc4c3)o2)C1. The van der Waals surface area contributed by atoms with Crippen LogP contribution in [0.3, 0.4) is 0 Å². The summed E-state index contributed by atoms with van der Waals surface area (Å²) in [5, 5.41) is 11.5. The molecule has 1 aliphatic rings. The molecule has 28 heavy (non-hydrogen) atoms. The molecule has 0 saturated heterocycles. The number of hydrogen-bond donors (Lipinski definition) is 0. The lowest BCUT2D eigenvalue weighted by Gasteiger charge is -1.98. The van der Waals surface area contributed by atoms with Crippen molar-refractivity contribution < 1.29 is 9.21 Å². The molecule has 0 unspecified atom stereocenters. The Labute approximate surface area is 167 Å². The van der Waals surface area contributed by atoms with Crippen molar-refractivity contribution >= 4 is 39.1 Å². The first-order valence-corrected chi connectivity index (χ1v) is 10.1. The Balaban J connectivity index is 1.41. The third-order valence-electron chi connectivity index (χ3n) is 4.36. The summed E-state index contributed by atoms with van der Waals surface area (Å²) in [7, 11) is 0. The van der Waals surface area contributed by atoms with Gasteiger partial charge in [0.2, 0.25) is 0 Å². The van der Waals surface area contributed by atoms with Crippen LogP contribution in [0.4, 0.5) is 0 Å². The van der Waals surface area contributed by atoms with Gasteiger partial charge < -0.3 is 4.42 Å². The molecule has 0 saturated carbocycles. The fraction of sp³-hybridized carbons (Fsp3) is 0.174. The van der Waals surface area contributed by atoms with Gasteiger partial charge in [-0.3, -0.25) is 4.79 Å². The van der Waals surface area contributed by atoms with Crippen molar-refractivity contribution in [1.82, 2.24) is 0 Å². The van der Waals surface area contributed by atoms with Crippen molar-refractivity contribution in [3.05, 3.63) is 71.7 Å². The Kier molecular flexibility index (Phi) is 5.41. The monoisotopic (exact) mass is 386 g/mol. The van der Waals surface area contributed by atoms with Crippen LogP contribution in [0.1, 0.15) is 36.8 Å². The molecule has 138 valence electrons. The molecule has 0 fully saturated rings. The minimum atomic E-state index is 0.213. The maximum atomic E-state index is 11.4. The number of rotatable bonds is 4. The zero-order valence-corrected chi connectivity index (χ0v) is 16.3. The Hall–Kier alpha value is -3.10. The predicted molar refractivity (Wildman–Crippen MR) is 115 cm³/mol. The Morgan fingerprint density at radius 1 is 1.07 bits per heavy atom. The predicted octanol–water partition coefficient (Wildman–Crippen LogP) is 5.05. The first-order chi connectivity index (χ1) is 13.7. The van der Waals surface area contributed by atoms with E-state index >= 15 is 0 Å². The van der Waals surface area contributed by atoms with E-state index in [2.05, 4.69) is 46.3 Å². The second kappa shape index (κ2) is 8.28. The summed E-state index contributed by atoms with van der Waals surface area (Å²) in [5.41, 5.74) is 1.71. The van der Waals surface area contributed by atoms with Gasteiger partial charge in [-0.15, -0.1) is 16.9 Å². The molecule has 1 aliphatic heterocycles. The van der Waals surface area contributed by atoms with Gasteiger partial charge in [-0.2, -0.15) is 5.10 Å². The molecule has 2 aromatic carbocycles. The molecular formula is C23H18N2O2S. The number of hydrogen-bond acceptors (Lipinski definition) is 5. The molecule has 4 rings (SSSR count). The first-order valence-electron chi connectivity index (χ1n) is 9.10. The summed E-state index contributed by atoms with van der Waals surface area (Å²) in [6.07, 6.45) is 1.14. The summed E-state index contributed by atoms with van der Waals surface area (Å²) >= 11 is 1.45. The van der Waals surface area contributed by atoms with Crippen molar-refractivity contribution in [3.63, 3.8) is 0 Å². The van der Waals surface area contributed by atoms with Gasteiger partial charge in [0.05, 0.1) is 5.75 Å². The highest BCUT2D eigenvalue weighted by Gasteiger charge is 2.18. The van der Waals surface area contributed by atoms with Crippen LogP contribution in [0.2, 0.25) is 0 Å². The van der Waals surface area contributed by atoms with Crippen LogP contribution in [-0.4, -0.2) is 22.3 Å². The molecular weight excluding hydrogens is 368 g/mol. The molecule has 0 radical (unpaired) electrons. The summed E-state index contributed by atoms with van der Waals surface area (Å²) in [4.78, 5) is 11.4. The molecule has 5 heteroatoms. The lowest BCUT2D eigenvalue weighted by atomic mass is 10.1. The second-order valence-corrected chi connectivity index (χ2v) is 7.42. The van der Waals surface area contributed by atoms with E-state index in [9.17, 15) is 4.79 Å². The van der Waals surface area contributed by atoms with Crippen LogP contribution >= 0.6 is 11.8 Å². The minimum absolute atomic E-state index is 0.213. The van der Waals surface area contributed by atoms with E-state index in [1.165, 1.54) is 22.5 Å². The normalized spacial score (nSPS) is 13.0. The summed E-state index contributed by atoms with van der Waals surface area (Å²) < 4.78 is 5.82. The smallest absolute Gasteiger partial charge is 0.177 e. The van der Waals surface area contributed by atoms with Gasteiger partial charge in [-0.25, -0.2) is 0 Å². The van der Waals surface area contributed by atoms with Gasteiger partial charge in [0, 0.05) is 18.4 Å². The quantitative estimate of drug-likeness (QED) is 0.590. The van der Waals surface area contributed by atoms with E-state index in [1.54, 1.807) is 0 Å². The van der Waals surface area contributed by atoms with Gasteiger partial charge in [-0.1, -0.05) is 43.2 Å². The number of nitrogens with zero attached hydrogens (tertiary/aromatic N) is 2. The average Bonchev–Trinajstić information content (AvgIpc) is 3.39. The minimum Gasteiger partial charge on any atom is -0.446 e. The average molecular weight is 386 g/mol. The van der Waals surface area contributed by atoms with Crippen LogP contribution in [0, 0.1) is 11.8 Å². The molecule has 3 aromatic rings. The standard InChI is InChI=1S/C23H18N2O2S/c1-2-19(26)15-28-23-14-21(24-25-23)22-12-11-20(27-22)10-8-16-7-9-17-5-3-4-6-18(17)13-16/h3-7,9,11-13H,2,14-15H2,1H3. The van der Waals surface area contributed by atoms with E-state index < -0.39 is 0 Å². The number of benzene rings is 2. The molecule has 0 bridgehead atoms. The van der Waals surface area contributed by atoms with Gasteiger partial charge in [0.25, 0.3) is 0 Å². The highest BCUT2D eigenvalue weighted by atomic mass is 32.2. The number of ketones is 1. The van der Waals surface area contributed by atoms with E-state index in [0.717, 1.165) is 16.3 Å². The lowest BCUT2D eigenvalue weighted by molar-refractivity contribution is -0.116. The first kappa shape index (κ1) is 18.3. The number of thioether (sulfide) groups is 1. The molecule has 4 nitrogen and oxygen atoms in total. The molecule has 0 aliphatic carbocycles. The number of carbonyl (C=O) groups is 1. The van der Waals surface area contributed by atoms with Gasteiger partial charge >= 0.3 is 0 Å². The van der Waals surface area contributed by atoms with Crippen LogP contribution in [0.15, 0.2) is 69.2 Å². The Bertz CT molecular complexity index is 1160. The number of carbonyl (C=O) groups excluding carboxylic acids is 1. The molecule has 0 amide bonds. The number of Topliss-reactive ketones (excluding diaryl/α,β-unsaturated/α-hetero) is 1. The highest BCUT2D eigenvalue weighted by molar-refractivity contribution is 8.14. The zero-order valence-electron chi connectivity index (χ0n) is 15.4. The van der Waals surface area contributed by atoms with Gasteiger partial charge in [0.15, 0.2) is 11.5 Å². The van der Waals surface area contributed by atoms with Crippen molar-refractivity contribution in [2.75, 3.05) is 5.75 Å². The van der Waals surface area contributed by atoms with Crippen molar-refractivity contribution in [2.24, 2.45) is 10.2 Å². The Morgan fingerprint density at radius 2 is 1.93 bits per heavy atom. The fourth-order valence-corrected chi connectivity index (χ4v) is 3.64. The van der Waals surface area contributed by atoms with Crippen LogP contribution in [-0.2, 0) is 4.79 Å². The van der Waals surface area contributed by atoms with Crippen LogP contribution in [0.25, 0.3) is 10.8 Å². The Morgan fingerprint density at radius 3 is 2.79 bits per heavy atom. The maximum absolute atomic E-state index is 11.4. The summed E-state index contributed by atoms with van der Waals surface area (Å²) in [5.74, 6) is 8.14. The molecule has 2 heterocycles. The lowest BCUT2D eigenvalue weighted by Crippen LogP contribution is -2.04. The zero-order chi connectivity index (χ0) is 19.3. The summed E-state index contributed by atoms with van der Waals surface area (Å²) in [6, 6.07) is 18.1. The van der Waals surface area contributed by atoms with Crippen LogP contribution in [0.5, 0.6) is 0 Å². The maximum Gasteiger partial charge on any atom is 0.177 e.